The molecule has 0 unspecified atom stereocenters. The second-order valence-electron chi connectivity index (χ2n) is 7.70. The number of hydrazine groups is 1. The molecular weight excluding hydrogens is 448 g/mol. The molecule has 4 N–H and O–H groups in total. The minimum Gasteiger partial charge on any atom is -0.494 e. The van der Waals surface area contributed by atoms with Crippen molar-refractivity contribution in [1.82, 2.24) is 36.2 Å². The molecule has 2 aromatic carbocycles. The van der Waals surface area contributed by atoms with Crippen LogP contribution in [0.4, 0.5) is 5.82 Å². The Bertz CT molecular complexity index is 1300. The third-order valence-corrected chi connectivity index (χ3v) is 5.04. The Morgan fingerprint density at radius 2 is 1.89 bits per heavy atom. The number of amides is 1. The number of allylic oxidation sites excluding steroid dienone is 2. The summed E-state index contributed by atoms with van der Waals surface area (Å²) in [6, 6.07) is 17.2. The Balaban J connectivity index is 1.56. The number of aromatic nitrogens is 5. The molecular formula is C24H26N8O3. The van der Waals surface area contributed by atoms with Crippen LogP contribution < -0.4 is 21.3 Å². The monoisotopic (exact) mass is 474 g/mol. The van der Waals surface area contributed by atoms with Gasteiger partial charge < -0.3 is 15.9 Å². The number of nitrogens with zero attached hydrogens (tertiary/aromatic N) is 5. The quantitative estimate of drug-likeness (QED) is 0.295. The van der Waals surface area contributed by atoms with E-state index in [-0.39, 0.29) is 17.3 Å². The molecule has 0 aliphatic heterocycles. The average Bonchev–Trinajstić information content (AvgIpc) is 3.51. The lowest BCUT2D eigenvalue weighted by molar-refractivity contribution is 0.0934. The van der Waals surface area contributed by atoms with Crippen LogP contribution in [0.15, 0.2) is 71.0 Å². The van der Waals surface area contributed by atoms with E-state index in [4.69, 9.17) is 15.1 Å². The zero-order valence-corrected chi connectivity index (χ0v) is 19.4. The minimum absolute atomic E-state index is 0.0174. The van der Waals surface area contributed by atoms with Crippen molar-refractivity contribution in [3.8, 4) is 22.8 Å². The van der Waals surface area contributed by atoms with Gasteiger partial charge in [-0.05, 0) is 59.9 Å². The molecule has 35 heavy (non-hydrogen) atoms. The molecule has 0 aliphatic carbocycles. The Hall–Kier alpha value is -4.67. The molecule has 4 rings (SSSR count). The molecule has 0 aliphatic rings. The molecule has 0 radical (unpaired) electrons. The van der Waals surface area contributed by atoms with E-state index >= 15 is 0 Å². The van der Waals surface area contributed by atoms with Gasteiger partial charge in [0.25, 0.3) is 5.91 Å². The van der Waals surface area contributed by atoms with Gasteiger partial charge in [0.05, 0.1) is 6.61 Å². The highest BCUT2D eigenvalue weighted by Crippen LogP contribution is 2.28. The number of rotatable bonds is 10. The van der Waals surface area contributed by atoms with Gasteiger partial charge in [-0.15, -0.1) is 5.10 Å². The van der Waals surface area contributed by atoms with Crippen LogP contribution in [0.2, 0.25) is 0 Å². The van der Waals surface area contributed by atoms with Crippen LogP contribution in [0.1, 0.15) is 36.3 Å². The summed E-state index contributed by atoms with van der Waals surface area (Å²) in [6.07, 6.45) is 3.60. The summed E-state index contributed by atoms with van der Waals surface area (Å²) in [6.45, 7) is 4.50. The molecule has 4 aromatic rings. The standard InChI is InChI=1S/C24H26N8O3/c1-3-15-34-19-13-11-18(12-14-19)21-20(27-31-32(21)23-22(25)29-35-30-23)24(33)28-26-16(2)9-10-17-7-5-4-6-8-17/h4-9,11-14,26H,3,10,15H2,1-2H3,(H2,25,29)(H,28,33). The van der Waals surface area contributed by atoms with Gasteiger partial charge in [-0.25, -0.2) is 4.63 Å². The Kier molecular flexibility index (Phi) is 7.36. The summed E-state index contributed by atoms with van der Waals surface area (Å²) in [5, 5.41) is 15.6. The molecule has 0 fully saturated rings. The summed E-state index contributed by atoms with van der Waals surface area (Å²) in [5.41, 5.74) is 14.5. The van der Waals surface area contributed by atoms with Gasteiger partial charge >= 0.3 is 0 Å². The minimum atomic E-state index is -0.486. The number of anilines is 1. The molecule has 11 nitrogen and oxygen atoms in total. The van der Waals surface area contributed by atoms with Crippen molar-refractivity contribution in [3.05, 3.63) is 77.6 Å². The summed E-state index contributed by atoms with van der Waals surface area (Å²) >= 11 is 0. The third kappa shape index (κ3) is 5.64. The molecule has 0 atom stereocenters. The van der Waals surface area contributed by atoms with Gasteiger partial charge in [0.2, 0.25) is 11.6 Å². The van der Waals surface area contributed by atoms with Crippen molar-refractivity contribution in [2.45, 2.75) is 26.7 Å². The highest BCUT2D eigenvalue weighted by atomic mass is 16.6. The van der Waals surface area contributed by atoms with Gasteiger partial charge in [0.15, 0.2) is 5.69 Å². The highest BCUT2D eigenvalue weighted by molar-refractivity contribution is 5.98. The molecule has 0 bridgehead atoms. The molecule has 1 amide bonds. The van der Waals surface area contributed by atoms with Crippen LogP contribution in [0.25, 0.3) is 17.1 Å². The van der Waals surface area contributed by atoms with Gasteiger partial charge in [-0.2, -0.15) is 4.68 Å². The lowest BCUT2D eigenvalue weighted by Crippen LogP contribution is -2.36. The maximum absolute atomic E-state index is 13.1. The van der Waals surface area contributed by atoms with Crippen LogP contribution in [-0.2, 0) is 6.42 Å². The SMILES string of the molecule is CCCOc1ccc(-c2c(C(=O)NNC(C)=CCc3ccccc3)nnn2-c2nonc2N)cc1. The van der Waals surface area contributed by atoms with Crippen LogP contribution in [0.3, 0.4) is 0 Å². The molecule has 0 saturated carbocycles. The van der Waals surface area contributed by atoms with Crippen molar-refractivity contribution < 1.29 is 14.2 Å². The van der Waals surface area contributed by atoms with E-state index in [1.54, 1.807) is 12.1 Å². The van der Waals surface area contributed by atoms with Crippen LogP contribution >= 0.6 is 0 Å². The smallest absolute Gasteiger partial charge is 0.292 e. The maximum Gasteiger partial charge on any atom is 0.292 e. The molecule has 0 spiro atoms. The number of benzene rings is 2. The number of hydrogen-bond donors (Lipinski definition) is 3. The average molecular weight is 475 g/mol. The molecule has 0 saturated heterocycles. The summed E-state index contributed by atoms with van der Waals surface area (Å²) in [5.74, 6) is 0.373. The number of nitrogens with two attached hydrogens (primary N) is 1. The second-order valence-corrected chi connectivity index (χ2v) is 7.70. The topological polar surface area (TPSA) is 146 Å². The third-order valence-electron chi connectivity index (χ3n) is 5.04. The number of nitrogen functional groups attached to an aromatic ring is 1. The zero-order chi connectivity index (χ0) is 24.6. The van der Waals surface area contributed by atoms with Gasteiger partial charge in [-0.1, -0.05) is 48.5 Å². The molecule has 180 valence electrons. The molecule has 2 heterocycles. The number of ether oxygens (including phenoxy) is 1. The van der Waals surface area contributed by atoms with Crippen molar-refractivity contribution in [3.63, 3.8) is 0 Å². The summed E-state index contributed by atoms with van der Waals surface area (Å²) in [4.78, 5) is 13.1. The highest BCUT2D eigenvalue weighted by Gasteiger charge is 2.25. The van der Waals surface area contributed by atoms with Crippen LogP contribution in [0.5, 0.6) is 5.75 Å². The first-order valence-corrected chi connectivity index (χ1v) is 11.1. The van der Waals surface area contributed by atoms with E-state index in [0.717, 1.165) is 24.1 Å². The Morgan fingerprint density at radius 1 is 1.11 bits per heavy atom. The van der Waals surface area contributed by atoms with E-state index in [9.17, 15) is 4.79 Å². The number of hydrogen-bond acceptors (Lipinski definition) is 9. The summed E-state index contributed by atoms with van der Waals surface area (Å²) < 4.78 is 11.7. The van der Waals surface area contributed by atoms with Crippen molar-refractivity contribution in [2.24, 2.45) is 0 Å². The lowest BCUT2D eigenvalue weighted by Gasteiger charge is -2.10. The fourth-order valence-electron chi connectivity index (χ4n) is 3.26. The predicted octanol–water partition coefficient (Wildman–Crippen LogP) is 3.07. The number of nitrogens with one attached hydrogen (secondary N) is 2. The van der Waals surface area contributed by atoms with E-state index in [1.807, 2.05) is 62.4 Å². The van der Waals surface area contributed by atoms with E-state index in [2.05, 4.69) is 31.5 Å². The largest absolute Gasteiger partial charge is 0.494 e. The first-order chi connectivity index (χ1) is 17.1. The first kappa shape index (κ1) is 23.5. The maximum atomic E-state index is 13.1. The lowest BCUT2D eigenvalue weighted by atomic mass is 10.1. The fraction of sp³-hybridized carbons (Fsp3) is 0.208. The van der Waals surface area contributed by atoms with Crippen LogP contribution in [0, 0.1) is 0 Å². The van der Waals surface area contributed by atoms with Gasteiger partial charge in [-0.3, -0.25) is 10.2 Å². The predicted molar refractivity (Wildman–Crippen MR) is 129 cm³/mol. The van der Waals surface area contributed by atoms with Crippen molar-refractivity contribution in [1.29, 1.82) is 0 Å². The normalized spacial score (nSPS) is 11.3. The van der Waals surface area contributed by atoms with Gasteiger partial charge in [0.1, 0.15) is 11.4 Å². The van der Waals surface area contributed by atoms with Crippen molar-refractivity contribution >= 4 is 11.7 Å². The van der Waals surface area contributed by atoms with E-state index in [1.165, 1.54) is 4.68 Å². The van der Waals surface area contributed by atoms with Crippen molar-refractivity contribution in [2.75, 3.05) is 12.3 Å². The Labute approximate surface area is 201 Å². The fourth-order valence-corrected chi connectivity index (χ4v) is 3.26. The van der Waals surface area contributed by atoms with Gasteiger partial charge in [0, 0.05) is 11.3 Å². The number of carbonyl (C=O) groups excluding carboxylic acids is 1. The second kappa shape index (κ2) is 11.0. The van der Waals surface area contributed by atoms with E-state index < -0.39 is 5.91 Å². The van der Waals surface area contributed by atoms with E-state index in [0.29, 0.717) is 23.6 Å². The molecule has 11 heteroatoms. The zero-order valence-electron chi connectivity index (χ0n) is 19.4. The van der Waals surface area contributed by atoms with Crippen LogP contribution in [-0.4, -0.2) is 37.8 Å². The summed E-state index contributed by atoms with van der Waals surface area (Å²) in [7, 11) is 0. The first-order valence-electron chi connectivity index (χ1n) is 11.1. The molecule has 2 aromatic heterocycles. The Morgan fingerprint density at radius 3 is 2.57 bits per heavy atom. The number of carbonyl (C=O) groups is 1.